The standard InChI is InChI=1S/C10H7ClN2S3/c11-7-2-1-3-8-9(7)13-10(16-8)15-5-4-14-6-12/h1-3H,4-5H2. The molecule has 2 aromatic rings. The zero-order valence-corrected chi connectivity index (χ0v) is 11.3. The van der Waals surface area contributed by atoms with Crippen LogP contribution in [0.5, 0.6) is 0 Å². The highest BCUT2D eigenvalue weighted by atomic mass is 35.5. The molecule has 1 aromatic carbocycles. The van der Waals surface area contributed by atoms with Crippen LogP contribution in [0.4, 0.5) is 0 Å². The van der Waals surface area contributed by atoms with Gasteiger partial charge in [-0.2, -0.15) is 5.26 Å². The Morgan fingerprint density at radius 3 is 3.06 bits per heavy atom. The number of rotatable bonds is 4. The molecule has 16 heavy (non-hydrogen) atoms. The van der Waals surface area contributed by atoms with E-state index >= 15 is 0 Å². The molecule has 0 N–H and O–H groups in total. The lowest BCUT2D eigenvalue weighted by Gasteiger charge is -1.91. The van der Waals surface area contributed by atoms with Crippen LogP contribution in [0.1, 0.15) is 0 Å². The first-order valence-corrected chi connectivity index (χ1v) is 7.66. The van der Waals surface area contributed by atoms with Gasteiger partial charge in [0, 0.05) is 11.5 Å². The molecule has 0 unspecified atom stereocenters. The number of hydrogen-bond donors (Lipinski definition) is 0. The van der Waals surface area contributed by atoms with Crippen LogP contribution in [-0.2, 0) is 0 Å². The van der Waals surface area contributed by atoms with Crippen molar-refractivity contribution in [1.82, 2.24) is 4.98 Å². The van der Waals surface area contributed by atoms with Crippen molar-refractivity contribution >= 4 is 56.7 Å². The normalized spacial score (nSPS) is 10.5. The predicted molar refractivity (Wildman–Crippen MR) is 73.4 cm³/mol. The smallest absolute Gasteiger partial charge is 0.151 e. The molecule has 0 aliphatic heterocycles. The first-order chi connectivity index (χ1) is 7.81. The molecule has 0 fully saturated rings. The van der Waals surface area contributed by atoms with Gasteiger partial charge in [0.2, 0.25) is 0 Å². The average molecular weight is 287 g/mol. The molecule has 0 aliphatic rings. The monoisotopic (exact) mass is 286 g/mol. The quantitative estimate of drug-likeness (QED) is 0.478. The Morgan fingerprint density at radius 1 is 1.44 bits per heavy atom. The number of thioether (sulfide) groups is 2. The third-order valence-corrected chi connectivity index (χ3v) is 5.09. The molecule has 2 nitrogen and oxygen atoms in total. The van der Waals surface area contributed by atoms with Crippen molar-refractivity contribution < 1.29 is 0 Å². The first-order valence-electron chi connectivity index (χ1n) is 4.50. The number of thiocyanates is 1. The second kappa shape index (κ2) is 5.78. The summed E-state index contributed by atoms with van der Waals surface area (Å²) in [5.41, 5.74) is 0.879. The summed E-state index contributed by atoms with van der Waals surface area (Å²) < 4.78 is 2.13. The summed E-state index contributed by atoms with van der Waals surface area (Å²) in [6.45, 7) is 0. The maximum absolute atomic E-state index is 8.39. The molecule has 82 valence electrons. The molecule has 6 heteroatoms. The van der Waals surface area contributed by atoms with Crippen molar-refractivity contribution in [3.63, 3.8) is 0 Å². The van der Waals surface area contributed by atoms with E-state index < -0.39 is 0 Å². The van der Waals surface area contributed by atoms with Gasteiger partial charge in [-0.1, -0.05) is 29.4 Å². The number of thiazole rings is 1. The second-order valence-corrected chi connectivity index (χ2v) is 6.51. The maximum atomic E-state index is 8.39. The molecule has 1 heterocycles. The van der Waals surface area contributed by atoms with Gasteiger partial charge < -0.3 is 0 Å². The number of nitriles is 1. The number of nitrogens with zero attached hydrogens (tertiary/aromatic N) is 2. The molecular formula is C10H7ClN2S3. The molecule has 0 atom stereocenters. The fourth-order valence-corrected chi connectivity index (χ4v) is 4.01. The maximum Gasteiger partial charge on any atom is 0.151 e. The number of para-hydroxylation sites is 1. The van der Waals surface area contributed by atoms with Gasteiger partial charge in [-0.25, -0.2) is 4.98 Å². The van der Waals surface area contributed by atoms with Gasteiger partial charge in [0.25, 0.3) is 0 Å². The van der Waals surface area contributed by atoms with Gasteiger partial charge in [0.15, 0.2) is 4.34 Å². The highest BCUT2D eigenvalue weighted by Gasteiger charge is 2.06. The lowest BCUT2D eigenvalue weighted by molar-refractivity contribution is 1.30. The molecule has 0 radical (unpaired) electrons. The highest BCUT2D eigenvalue weighted by molar-refractivity contribution is 8.06. The van der Waals surface area contributed by atoms with Crippen LogP contribution >= 0.6 is 46.5 Å². The molecular weight excluding hydrogens is 280 g/mol. The Morgan fingerprint density at radius 2 is 2.31 bits per heavy atom. The fourth-order valence-electron chi connectivity index (χ4n) is 1.17. The number of aromatic nitrogens is 1. The Bertz CT molecular complexity index is 532. The zero-order chi connectivity index (χ0) is 11.4. The Kier molecular flexibility index (Phi) is 4.36. The van der Waals surface area contributed by atoms with E-state index in [-0.39, 0.29) is 0 Å². The van der Waals surface area contributed by atoms with E-state index in [0.29, 0.717) is 5.02 Å². The Hall–Kier alpha value is -0.410. The summed E-state index contributed by atoms with van der Waals surface area (Å²) in [6, 6.07) is 5.80. The predicted octanol–water partition coefficient (Wildman–Crippen LogP) is 4.26. The minimum atomic E-state index is 0.701. The van der Waals surface area contributed by atoms with Crippen LogP contribution < -0.4 is 0 Å². The average Bonchev–Trinajstić information content (AvgIpc) is 2.69. The van der Waals surface area contributed by atoms with Crippen molar-refractivity contribution in [2.75, 3.05) is 11.5 Å². The van der Waals surface area contributed by atoms with Gasteiger partial charge >= 0.3 is 0 Å². The fraction of sp³-hybridized carbons (Fsp3) is 0.200. The van der Waals surface area contributed by atoms with E-state index in [0.717, 1.165) is 26.1 Å². The third kappa shape index (κ3) is 2.83. The largest absolute Gasteiger partial charge is 0.228 e. The SMILES string of the molecule is N#CSCCSc1nc2c(Cl)cccc2s1. The molecule has 0 bridgehead atoms. The molecule has 0 amide bonds. The van der Waals surface area contributed by atoms with Gasteiger partial charge in [-0.15, -0.1) is 11.3 Å². The van der Waals surface area contributed by atoms with Crippen LogP contribution in [0.2, 0.25) is 5.02 Å². The van der Waals surface area contributed by atoms with E-state index in [4.69, 9.17) is 16.9 Å². The van der Waals surface area contributed by atoms with Crippen LogP contribution in [0, 0.1) is 10.7 Å². The van der Waals surface area contributed by atoms with E-state index in [1.54, 1.807) is 23.1 Å². The van der Waals surface area contributed by atoms with Gasteiger partial charge in [-0.05, 0) is 23.9 Å². The molecule has 0 spiro atoms. The van der Waals surface area contributed by atoms with E-state index in [2.05, 4.69) is 10.4 Å². The third-order valence-electron chi connectivity index (χ3n) is 1.83. The lowest BCUT2D eigenvalue weighted by atomic mass is 10.3. The second-order valence-electron chi connectivity index (χ2n) is 2.85. The topological polar surface area (TPSA) is 36.7 Å². The van der Waals surface area contributed by atoms with Crippen LogP contribution in [0.3, 0.4) is 0 Å². The van der Waals surface area contributed by atoms with Crippen molar-refractivity contribution in [1.29, 1.82) is 5.26 Å². The van der Waals surface area contributed by atoms with Crippen molar-refractivity contribution in [3.8, 4) is 5.40 Å². The summed E-state index contributed by atoms with van der Waals surface area (Å²) in [4.78, 5) is 4.47. The number of benzene rings is 1. The summed E-state index contributed by atoms with van der Waals surface area (Å²) >= 11 is 10.6. The summed E-state index contributed by atoms with van der Waals surface area (Å²) in [5.74, 6) is 1.72. The van der Waals surface area contributed by atoms with Crippen molar-refractivity contribution in [3.05, 3.63) is 23.2 Å². The van der Waals surface area contributed by atoms with Gasteiger partial charge in [-0.3, -0.25) is 0 Å². The number of fused-ring (bicyclic) bond motifs is 1. The number of hydrogen-bond acceptors (Lipinski definition) is 5. The summed E-state index contributed by atoms with van der Waals surface area (Å²) in [6.07, 6.45) is 0. The molecule has 0 saturated carbocycles. The molecule has 1 aromatic heterocycles. The lowest BCUT2D eigenvalue weighted by Crippen LogP contribution is -1.80. The Balaban J connectivity index is 2.09. The first kappa shape index (κ1) is 12.1. The number of halogens is 1. The zero-order valence-electron chi connectivity index (χ0n) is 8.14. The van der Waals surface area contributed by atoms with Crippen LogP contribution in [-0.4, -0.2) is 16.5 Å². The minimum Gasteiger partial charge on any atom is -0.228 e. The van der Waals surface area contributed by atoms with Crippen LogP contribution in [0.15, 0.2) is 22.5 Å². The summed E-state index contributed by atoms with van der Waals surface area (Å²) in [7, 11) is 0. The van der Waals surface area contributed by atoms with Gasteiger partial charge in [0.1, 0.15) is 10.9 Å². The van der Waals surface area contributed by atoms with E-state index in [1.807, 2.05) is 18.2 Å². The molecule has 2 rings (SSSR count). The minimum absolute atomic E-state index is 0.701. The van der Waals surface area contributed by atoms with E-state index in [9.17, 15) is 0 Å². The van der Waals surface area contributed by atoms with E-state index in [1.165, 1.54) is 11.8 Å². The Labute approximate surface area is 111 Å². The molecule has 0 saturated heterocycles. The van der Waals surface area contributed by atoms with Crippen LogP contribution in [0.25, 0.3) is 10.2 Å². The van der Waals surface area contributed by atoms with Crippen molar-refractivity contribution in [2.45, 2.75) is 4.34 Å². The molecule has 0 aliphatic carbocycles. The summed E-state index contributed by atoms with van der Waals surface area (Å²) in [5, 5.41) is 11.1. The highest BCUT2D eigenvalue weighted by Crippen LogP contribution is 2.33. The van der Waals surface area contributed by atoms with Gasteiger partial charge in [0.05, 0.1) is 9.72 Å². The van der Waals surface area contributed by atoms with Crippen molar-refractivity contribution in [2.24, 2.45) is 0 Å².